The van der Waals surface area contributed by atoms with Gasteiger partial charge in [-0.15, -0.1) is 0 Å². The number of hydrogen-bond donors (Lipinski definition) is 5. The first-order chi connectivity index (χ1) is 12.4. The number of carbonyl (C=O) groups is 1. The predicted octanol–water partition coefficient (Wildman–Crippen LogP) is 0.493. The Hall–Kier alpha value is -3.00. The fourth-order valence-corrected chi connectivity index (χ4v) is 3.21. The number of amides is 1. The summed E-state index contributed by atoms with van der Waals surface area (Å²) in [5, 5.41) is 13.8. The minimum Gasteiger partial charge on any atom is -0.365 e. The number of thioether (sulfide) groups is 1. The maximum atomic E-state index is 12.4. The molecule has 0 unspecified atom stereocenters. The van der Waals surface area contributed by atoms with E-state index in [1.807, 2.05) is 6.07 Å². The summed E-state index contributed by atoms with van der Waals surface area (Å²) in [7, 11) is 0. The van der Waals surface area contributed by atoms with Crippen molar-refractivity contribution in [2.45, 2.75) is 5.03 Å². The lowest BCUT2D eigenvalue weighted by Crippen LogP contribution is -2.33. The van der Waals surface area contributed by atoms with E-state index in [2.05, 4.69) is 15.5 Å². The van der Waals surface area contributed by atoms with Crippen LogP contribution in [0.25, 0.3) is 11.1 Å². The number of primary amides is 1. The average Bonchev–Trinajstić information content (AvgIpc) is 2.62. The maximum Gasteiger partial charge on any atom is 0.262 e. The van der Waals surface area contributed by atoms with Crippen LogP contribution in [-0.2, 0) is 0 Å². The number of rotatable bonds is 5. The molecule has 1 heterocycles. The highest BCUT2D eigenvalue weighted by molar-refractivity contribution is 8.00. The molecule has 1 aromatic heterocycles. The number of aromatic nitrogens is 1. The fourth-order valence-electron chi connectivity index (χ4n) is 2.19. The SMILES string of the molecule is N#Cc1c(SC/C(=N/N)NN)[nH]c(=O)c(C(N)=O)c1-c1ccc(Cl)cc1. The predicted molar refractivity (Wildman–Crippen MR) is 100 cm³/mol. The molecule has 0 saturated heterocycles. The van der Waals surface area contributed by atoms with Gasteiger partial charge in [0.1, 0.15) is 17.5 Å². The molecule has 9 nitrogen and oxygen atoms in total. The molecule has 0 saturated carbocycles. The zero-order valence-corrected chi connectivity index (χ0v) is 14.8. The molecule has 0 aliphatic carbocycles. The Labute approximate surface area is 157 Å². The van der Waals surface area contributed by atoms with Gasteiger partial charge in [0, 0.05) is 10.6 Å². The van der Waals surface area contributed by atoms with Crippen LogP contribution in [0.5, 0.6) is 0 Å². The molecule has 2 aromatic rings. The minimum atomic E-state index is -0.947. The first kappa shape index (κ1) is 19.3. The standard InChI is InChI=1S/C15H14ClN7O2S/c16-8-3-1-7(2-4-8)11-9(5-17)15(26-6-10(22-19)23-20)21-14(25)12(11)13(18)24/h1-4H,6,19-20H2,(H2,18,24)(H,21,25)(H,22,23). The quantitative estimate of drug-likeness (QED) is 0.162. The molecular formula is C15H14ClN7O2S. The topological polar surface area (TPSA) is 176 Å². The van der Waals surface area contributed by atoms with Crippen molar-refractivity contribution in [3.8, 4) is 17.2 Å². The third-order valence-electron chi connectivity index (χ3n) is 3.35. The monoisotopic (exact) mass is 391 g/mol. The number of halogens is 1. The van der Waals surface area contributed by atoms with Crippen LogP contribution in [-0.4, -0.2) is 22.5 Å². The fraction of sp³-hybridized carbons (Fsp3) is 0.0667. The number of carbonyl (C=O) groups excluding carboxylic acids is 1. The van der Waals surface area contributed by atoms with Gasteiger partial charge < -0.3 is 22.0 Å². The second kappa shape index (κ2) is 8.39. The van der Waals surface area contributed by atoms with E-state index in [4.69, 9.17) is 29.0 Å². The first-order valence-corrected chi connectivity index (χ1v) is 8.41. The van der Waals surface area contributed by atoms with Crippen LogP contribution in [0.3, 0.4) is 0 Å². The van der Waals surface area contributed by atoms with Gasteiger partial charge in [0.05, 0.1) is 16.3 Å². The number of nitrogens with zero attached hydrogens (tertiary/aromatic N) is 2. The van der Waals surface area contributed by atoms with Gasteiger partial charge in [-0.2, -0.15) is 10.4 Å². The van der Waals surface area contributed by atoms with Crippen LogP contribution in [0, 0.1) is 11.3 Å². The maximum absolute atomic E-state index is 12.4. The highest BCUT2D eigenvalue weighted by atomic mass is 35.5. The summed E-state index contributed by atoms with van der Waals surface area (Å²) >= 11 is 6.95. The number of hydrazone groups is 1. The van der Waals surface area contributed by atoms with Crippen molar-refractivity contribution in [1.29, 1.82) is 5.26 Å². The van der Waals surface area contributed by atoms with Crippen molar-refractivity contribution < 1.29 is 4.79 Å². The molecular weight excluding hydrogens is 378 g/mol. The van der Waals surface area contributed by atoms with Crippen LogP contribution in [0.15, 0.2) is 39.2 Å². The number of amidine groups is 1. The summed E-state index contributed by atoms with van der Waals surface area (Å²) in [6.45, 7) is 0. The number of nitrogens with one attached hydrogen (secondary N) is 2. The molecule has 0 fully saturated rings. The summed E-state index contributed by atoms with van der Waals surface area (Å²) < 4.78 is 0. The molecule has 8 N–H and O–H groups in total. The van der Waals surface area contributed by atoms with E-state index in [-0.39, 0.29) is 33.3 Å². The molecule has 0 bridgehead atoms. The summed E-state index contributed by atoms with van der Waals surface area (Å²) in [5.41, 5.74) is 7.31. The van der Waals surface area contributed by atoms with Crippen molar-refractivity contribution in [2.75, 3.05) is 5.75 Å². The number of hydrazine groups is 1. The first-order valence-electron chi connectivity index (χ1n) is 7.05. The van der Waals surface area contributed by atoms with E-state index in [9.17, 15) is 14.9 Å². The van der Waals surface area contributed by atoms with Crippen LogP contribution in [0.1, 0.15) is 15.9 Å². The lowest BCUT2D eigenvalue weighted by atomic mass is 9.96. The van der Waals surface area contributed by atoms with E-state index in [0.29, 0.717) is 10.6 Å². The molecule has 1 aromatic carbocycles. The molecule has 134 valence electrons. The number of pyridine rings is 1. The highest BCUT2D eigenvalue weighted by Crippen LogP contribution is 2.31. The van der Waals surface area contributed by atoms with Gasteiger partial charge in [0.2, 0.25) is 0 Å². The Morgan fingerprint density at radius 2 is 2.04 bits per heavy atom. The third-order valence-corrected chi connectivity index (χ3v) is 4.61. The van der Waals surface area contributed by atoms with Gasteiger partial charge in [-0.3, -0.25) is 9.59 Å². The van der Waals surface area contributed by atoms with Gasteiger partial charge in [0.15, 0.2) is 0 Å². The van der Waals surface area contributed by atoms with Crippen molar-refractivity contribution in [3.63, 3.8) is 0 Å². The van der Waals surface area contributed by atoms with E-state index in [0.717, 1.165) is 11.8 Å². The number of benzene rings is 1. The second-order valence-electron chi connectivity index (χ2n) is 4.90. The number of nitriles is 1. The average molecular weight is 392 g/mol. The minimum absolute atomic E-state index is 0.0825. The molecule has 2 rings (SSSR count). The number of nitrogens with two attached hydrogens (primary N) is 3. The Balaban J connectivity index is 2.70. The normalized spacial score (nSPS) is 11.0. The molecule has 0 aliphatic heterocycles. The Bertz CT molecular complexity index is 964. The highest BCUT2D eigenvalue weighted by Gasteiger charge is 2.23. The molecule has 0 atom stereocenters. The van der Waals surface area contributed by atoms with Crippen LogP contribution >= 0.6 is 23.4 Å². The van der Waals surface area contributed by atoms with Crippen molar-refractivity contribution in [1.82, 2.24) is 10.4 Å². The third kappa shape index (κ3) is 3.97. The molecule has 0 spiro atoms. The van der Waals surface area contributed by atoms with E-state index in [1.54, 1.807) is 24.3 Å². The summed E-state index contributed by atoms with van der Waals surface area (Å²) in [6.07, 6.45) is 0. The molecule has 0 aliphatic rings. The van der Waals surface area contributed by atoms with E-state index < -0.39 is 11.5 Å². The zero-order chi connectivity index (χ0) is 19.3. The second-order valence-corrected chi connectivity index (χ2v) is 6.32. The van der Waals surface area contributed by atoms with Gasteiger partial charge in [0.25, 0.3) is 11.5 Å². The molecule has 1 amide bonds. The zero-order valence-electron chi connectivity index (χ0n) is 13.2. The van der Waals surface area contributed by atoms with Gasteiger partial charge in [-0.25, -0.2) is 5.84 Å². The van der Waals surface area contributed by atoms with E-state index in [1.165, 1.54) is 0 Å². The van der Waals surface area contributed by atoms with Gasteiger partial charge in [-0.05, 0) is 17.7 Å². The number of H-pyrrole nitrogens is 1. The van der Waals surface area contributed by atoms with Crippen LogP contribution in [0.4, 0.5) is 0 Å². The molecule has 11 heteroatoms. The Morgan fingerprint density at radius 3 is 2.54 bits per heavy atom. The smallest absolute Gasteiger partial charge is 0.262 e. The lowest BCUT2D eigenvalue weighted by molar-refractivity contribution is 0.0999. The molecule has 26 heavy (non-hydrogen) atoms. The van der Waals surface area contributed by atoms with Crippen molar-refractivity contribution in [2.24, 2.45) is 22.5 Å². The van der Waals surface area contributed by atoms with E-state index >= 15 is 0 Å². The Kier molecular flexibility index (Phi) is 6.24. The van der Waals surface area contributed by atoms with Gasteiger partial charge in [-0.1, -0.05) is 35.5 Å². The summed E-state index contributed by atoms with van der Waals surface area (Å²) in [6, 6.07) is 8.34. The number of aromatic amines is 1. The molecule has 0 radical (unpaired) electrons. The number of hydrogen-bond acceptors (Lipinski definition) is 7. The largest absolute Gasteiger partial charge is 0.365 e. The summed E-state index contributed by atoms with van der Waals surface area (Å²) in [4.78, 5) is 26.7. The van der Waals surface area contributed by atoms with Crippen molar-refractivity contribution in [3.05, 3.63) is 50.8 Å². The Morgan fingerprint density at radius 1 is 1.38 bits per heavy atom. The van der Waals surface area contributed by atoms with Crippen LogP contribution < -0.4 is 28.4 Å². The lowest BCUT2D eigenvalue weighted by Gasteiger charge is -2.13. The summed E-state index contributed by atoms with van der Waals surface area (Å²) in [5.74, 6) is 9.89. The van der Waals surface area contributed by atoms with Crippen LogP contribution in [0.2, 0.25) is 5.02 Å². The van der Waals surface area contributed by atoms with Gasteiger partial charge >= 0.3 is 0 Å². The van der Waals surface area contributed by atoms with Crippen molar-refractivity contribution >= 4 is 35.1 Å².